The van der Waals surface area contributed by atoms with E-state index in [1.165, 1.54) is 0 Å². The van der Waals surface area contributed by atoms with Crippen LogP contribution < -0.4 is 0 Å². The van der Waals surface area contributed by atoms with Gasteiger partial charge in [0.2, 0.25) is 0 Å². The van der Waals surface area contributed by atoms with Gasteiger partial charge in [-0.1, -0.05) is 8.96 Å². The minimum Gasteiger partial charge on any atom is -0.0643 e. The summed E-state index contributed by atoms with van der Waals surface area (Å²) in [5.41, 5.74) is 0. The molecule has 0 saturated carbocycles. The molecule has 0 radical (unpaired) electrons. The van der Waals surface area contributed by atoms with Crippen LogP contribution in [0.2, 0.25) is 0 Å². The fourth-order valence-electron chi connectivity index (χ4n) is 0.0143. The number of hydrogen-bond donors (Lipinski definition) is 0. The predicted octanol–water partition coefficient (Wildman–Crippen LogP) is 0.929. The van der Waals surface area contributed by atoms with E-state index in [1.807, 2.05) is 0 Å². The van der Waals surface area contributed by atoms with Gasteiger partial charge < -0.3 is 0 Å². The molecule has 0 unspecified atom stereocenters. The van der Waals surface area contributed by atoms with Crippen molar-refractivity contribution in [2.75, 3.05) is 0 Å². The van der Waals surface area contributed by atoms with Gasteiger partial charge in [-0.05, 0) is 10.4 Å². The molecule has 0 saturated heterocycles. The van der Waals surface area contributed by atoms with Gasteiger partial charge in [0, 0.05) is 0 Å². The van der Waals surface area contributed by atoms with E-state index in [2.05, 4.69) is 0 Å². The zero-order chi connectivity index (χ0) is 4.12. The van der Waals surface area contributed by atoms with Gasteiger partial charge in [0.05, 0.1) is 0 Å². The van der Waals surface area contributed by atoms with Gasteiger partial charge in [0.1, 0.15) is 0 Å². The number of rotatable bonds is 0. The van der Waals surface area contributed by atoms with E-state index in [9.17, 15) is 8.96 Å². The second kappa shape index (κ2) is 3.24. The van der Waals surface area contributed by atoms with Crippen molar-refractivity contribution in [3.8, 4) is 0 Å². The highest BCUT2D eigenvalue weighted by Crippen LogP contribution is 1.58. The largest absolute Gasteiger partial charge is 0.166 e. The Morgan fingerprint density at radius 2 is 1.60 bits per heavy atom. The van der Waals surface area contributed by atoms with Crippen molar-refractivity contribution in [3.63, 3.8) is 0 Å². The summed E-state index contributed by atoms with van der Waals surface area (Å²) in [4.78, 5) is 0. The van der Waals surface area contributed by atoms with Crippen LogP contribution in [0.4, 0.5) is 8.96 Å². The van der Waals surface area contributed by atoms with Crippen molar-refractivity contribution in [3.05, 3.63) is 0 Å². The smallest absolute Gasteiger partial charge is 0.0643 e. The first-order chi connectivity index (χ1) is 2.41. The molecule has 5 heavy (non-hydrogen) atoms. The molecule has 0 aromatic rings. The van der Waals surface area contributed by atoms with Crippen LogP contribution in [-0.2, 0) is 0 Å². The molecule has 28 valence electrons. The molecule has 0 spiro atoms. The molecule has 0 heterocycles. The standard InChI is InChI=1S/CF2N2/c2-4-1-5-3. The average molecular weight is 78.0 g/mol. The third-order valence-electron chi connectivity index (χ3n) is 0.0756. The number of hydrogen-bond acceptors (Lipinski definition) is 2. The molecule has 0 aromatic carbocycles. The first-order valence-electron chi connectivity index (χ1n) is 0.785. The summed E-state index contributed by atoms with van der Waals surface area (Å²) >= 11 is 0. The summed E-state index contributed by atoms with van der Waals surface area (Å²) in [5, 5.41) is 3.12. The molecule has 0 fully saturated rings. The molecule has 0 aliphatic rings. The molecular weight excluding hydrogens is 78.0 g/mol. The Morgan fingerprint density at radius 1 is 1.20 bits per heavy atom. The lowest BCUT2D eigenvalue weighted by molar-refractivity contribution is 0.516. The van der Waals surface area contributed by atoms with E-state index in [0.717, 1.165) is 6.01 Å². The Morgan fingerprint density at radius 3 is 1.60 bits per heavy atom. The fraction of sp³-hybridized carbons (Fsp3) is 0. The van der Waals surface area contributed by atoms with E-state index in [0.29, 0.717) is 0 Å². The normalized spacial score (nSPS) is 5.20. The van der Waals surface area contributed by atoms with E-state index < -0.39 is 0 Å². The molecule has 0 rings (SSSR count). The van der Waals surface area contributed by atoms with Gasteiger partial charge >= 0.3 is 0 Å². The Kier molecular flexibility index (Phi) is 2.75. The van der Waals surface area contributed by atoms with Crippen molar-refractivity contribution >= 4 is 6.01 Å². The zero-order valence-corrected chi connectivity index (χ0v) is 2.15. The molecule has 0 aliphatic heterocycles. The minimum absolute atomic E-state index is 1.03. The fourth-order valence-corrected chi connectivity index (χ4v) is 0.0143. The molecular formula is CF2N2. The van der Waals surface area contributed by atoms with Crippen LogP contribution in [0.1, 0.15) is 0 Å². The summed E-state index contributed by atoms with van der Waals surface area (Å²) < 4.78 is 20.3. The van der Waals surface area contributed by atoms with Gasteiger partial charge in [0.15, 0.2) is 6.01 Å². The molecule has 0 N–H and O–H groups in total. The van der Waals surface area contributed by atoms with Crippen LogP contribution in [-0.4, -0.2) is 6.01 Å². The molecule has 0 bridgehead atoms. The maximum Gasteiger partial charge on any atom is 0.166 e. The van der Waals surface area contributed by atoms with Crippen molar-refractivity contribution in [1.82, 2.24) is 0 Å². The molecule has 2 nitrogen and oxygen atoms in total. The summed E-state index contributed by atoms with van der Waals surface area (Å²) in [6.45, 7) is 0. The summed E-state index contributed by atoms with van der Waals surface area (Å²) in [5.74, 6) is 0. The molecule has 0 amide bonds. The highest BCUT2D eigenvalue weighted by Gasteiger charge is 1.44. The maximum absolute atomic E-state index is 10.2. The predicted molar refractivity (Wildman–Crippen MR) is 12.1 cm³/mol. The van der Waals surface area contributed by atoms with Crippen molar-refractivity contribution in [2.24, 2.45) is 10.4 Å². The molecule has 4 heteroatoms. The highest BCUT2D eigenvalue weighted by molar-refractivity contribution is 5.38. The minimum atomic E-state index is 1.03. The topological polar surface area (TPSA) is 24.7 Å². The van der Waals surface area contributed by atoms with Crippen LogP contribution in [0, 0.1) is 0 Å². The molecule has 0 aromatic heterocycles. The van der Waals surface area contributed by atoms with E-state index in [-0.39, 0.29) is 0 Å². The Labute approximate surface area is 26.7 Å². The maximum atomic E-state index is 10.2. The van der Waals surface area contributed by atoms with Gasteiger partial charge in [0.25, 0.3) is 0 Å². The second-order valence-electron chi connectivity index (χ2n) is 0.269. The Bertz CT molecular complexity index is 56.0. The number of halogens is 2. The van der Waals surface area contributed by atoms with Crippen LogP contribution in [0.25, 0.3) is 0 Å². The third kappa shape index (κ3) is 3.24. The van der Waals surface area contributed by atoms with Crippen molar-refractivity contribution < 1.29 is 8.96 Å². The van der Waals surface area contributed by atoms with Gasteiger partial charge in [-0.25, -0.2) is 0 Å². The summed E-state index contributed by atoms with van der Waals surface area (Å²) in [6.07, 6.45) is 0. The molecule has 0 atom stereocenters. The third-order valence-corrected chi connectivity index (χ3v) is 0.0756. The van der Waals surface area contributed by atoms with Gasteiger partial charge in [-0.15, -0.1) is 0 Å². The van der Waals surface area contributed by atoms with Crippen molar-refractivity contribution in [2.45, 2.75) is 0 Å². The highest BCUT2D eigenvalue weighted by atomic mass is 19.2. The monoisotopic (exact) mass is 78.0 g/mol. The van der Waals surface area contributed by atoms with Gasteiger partial charge in [-0.3, -0.25) is 0 Å². The van der Waals surface area contributed by atoms with Crippen LogP contribution in [0.5, 0.6) is 0 Å². The van der Waals surface area contributed by atoms with E-state index in [4.69, 9.17) is 0 Å². The Hall–Kier alpha value is -0.760. The second-order valence-corrected chi connectivity index (χ2v) is 0.269. The summed E-state index contributed by atoms with van der Waals surface area (Å²) in [6, 6.07) is 1.03. The first kappa shape index (κ1) is 4.24. The summed E-state index contributed by atoms with van der Waals surface area (Å²) in [7, 11) is 0. The van der Waals surface area contributed by atoms with Crippen LogP contribution in [0.3, 0.4) is 0 Å². The SMILES string of the molecule is FN=C=NF. The zero-order valence-electron chi connectivity index (χ0n) is 2.15. The molecule has 0 aliphatic carbocycles. The van der Waals surface area contributed by atoms with Crippen LogP contribution >= 0.6 is 0 Å². The number of nitrogens with zero attached hydrogens (tertiary/aromatic N) is 2. The quantitative estimate of drug-likeness (QED) is 0.385. The lowest BCUT2D eigenvalue weighted by Gasteiger charge is -1.40. The first-order valence-corrected chi connectivity index (χ1v) is 0.785. The van der Waals surface area contributed by atoms with Crippen molar-refractivity contribution in [1.29, 1.82) is 0 Å². The van der Waals surface area contributed by atoms with E-state index >= 15 is 0 Å². The van der Waals surface area contributed by atoms with Gasteiger partial charge in [-0.2, -0.15) is 0 Å². The van der Waals surface area contributed by atoms with Crippen LogP contribution in [0.15, 0.2) is 10.4 Å². The van der Waals surface area contributed by atoms with E-state index in [1.54, 1.807) is 10.4 Å². The lowest BCUT2D eigenvalue weighted by atomic mass is 11.6. The lowest BCUT2D eigenvalue weighted by Crippen LogP contribution is -1.33. The average Bonchev–Trinajstić information content (AvgIpc) is 1.41. The Balaban J connectivity index is 3.26.